The molecule has 31 nitrogen and oxygen atoms in total. The molecule has 145 heavy (non-hydrogen) atoms. The standard InChI is InChI=1S/C30H36N4O3.C28H35N5O4.C28H38N4O3.C27H38N4O4.CH4/c1-19(2)13-28(34-18-31-26-10-5-4-9-25(26)30(34)37)29(36)32-27(14-20(3)35)22-7-6-8-23(16-22)33-17-21-11-12-24(33)15-21;1-18(2)11-26(33-17-30-24-8-6-5-7-23(24)28(33)36)27(35)31-25(12-20(4)34)21-13-22(15-29-14-21)32-9-10-37-16-19(32)3;1-18(2)11-26(32-10-7-19(3)12-27(32)34)28(35)30-25(13-20(4)33)23-14-24(16-29-15-23)31-9-8-22(17-31)21-5-6-21;1-18(2)11-24(31-8-7-19(3)12-25(31)33)26(34)29-23(13-20(4)32)21-14-22(16-28-15-21)30-9-10-35-27(5,6)17-30;/h4-10,16,18-19,21,24,27-28H,11-15,17H2,1-3H3,(H,32,36);5-8,13-15,17-19,25-26H,9-12,16H2,1-4H3,(H,31,35);7,10,12,14-16,18,21-22,25-26H,5-6,8-9,11,13,17H2,1-4H3,(H,30,35);7-8,12,14-16,18,23-24H,9-11,13,17H2,1-6H3,(H,29,34);1H4/t21?,24?,27-,28-;19-,25-,26-;22-,25-,26?;23-,24-;/m0000./s1. The van der Waals surface area contributed by atoms with Crippen LogP contribution in [0.4, 0.5) is 22.7 Å². The number of nitrogens with zero attached hydrogens (tertiary/aromatic N) is 13. The number of pyridine rings is 5. The quantitative estimate of drug-likeness (QED) is 0.0281. The summed E-state index contributed by atoms with van der Waals surface area (Å²) in [6.45, 7) is 39.4. The second-order valence-electron chi connectivity index (χ2n) is 42.8. The minimum atomic E-state index is -0.769. The topological polar surface area (TPSA) is 369 Å². The summed E-state index contributed by atoms with van der Waals surface area (Å²) in [6, 6.07) is 31.1. The Balaban J connectivity index is 0.000000172. The zero-order valence-corrected chi connectivity index (χ0v) is 86.9. The van der Waals surface area contributed by atoms with Gasteiger partial charge in [-0.15, -0.1) is 0 Å². The summed E-state index contributed by atoms with van der Waals surface area (Å²) in [6.07, 6.45) is 27.2. The first-order valence-corrected chi connectivity index (χ1v) is 51.4. The molecule has 4 saturated heterocycles. The maximum Gasteiger partial charge on any atom is 0.261 e. The van der Waals surface area contributed by atoms with Gasteiger partial charge in [0.25, 0.3) is 22.2 Å². The van der Waals surface area contributed by atoms with Crippen LogP contribution in [-0.4, -0.2) is 167 Å². The fourth-order valence-electron chi connectivity index (χ4n) is 20.6. The number of morpholine rings is 2. The SMILES string of the molecule is C.CC(=O)C[C@H](NC(=O)C(CC(C)C)n1ccc(C)cc1=O)c1cncc(N2CC[C@H](C3CC3)C2)c1.CC(=O)C[C@H](NC(=O)[C@H](CC(C)C)n1ccc(C)cc1=O)c1cncc(N2CCOC(C)(C)C2)c1.CC(=O)C[C@H](NC(=O)[C@H](CC(C)C)n1cnc2ccccc2c1=O)c1cccc(N2CC3CCC2C3)c1.CC(=O)C[C@H](NC(=O)[C@H](CC(C)C)n1cnc2ccccc2c1=O)c1cncc(N2CCOC[C@@H]2C)c1. The van der Waals surface area contributed by atoms with E-state index < -0.39 is 48.3 Å². The van der Waals surface area contributed by atoms with E-state index in [1.54, 1.807) is 92.8 Å². The fourth-order valence-corrected chi connectivity index (χ4v) is 20.6. The first kappa shape index (κ1) is 111. The largest absolute Gasteiger partial charge is 0.377 e. The summed E-state index contributed by atoms with van der Waals surface area (Å²) in [5.41, 5.74) is 8.99. The van der Waals surface area contributed by atoms with Crippen molar-refractivity contribution in [3.05, 3.63) is 252 Å². The van der Waals surface area contributed by atoms with Gasteiger partial charge in [-0.2, -0.15) is 0 Å². The molecule has 0 radical (unpaired) electrons. The summed E-state index contributed by atoms with van der Waals surface area (Å²) in [4.78, 5) is 187. The van der Waals surface area contributed by atoms with E-state index in [4.69, 9.17) is 9.47 Å². The third kappa shape index (κ3) is 30.1. The highest BCUT2D eigenvalue weighted by Gasteiger charge is 2.41. The van der Waals surface area contributed by atoms with Crippen molar-refractivity contribution in [2.45, 2.75) is 281 Å². The van der Waals surface area contributed by atoms with Crippen LogP contribution in [0.3, 0.4) is 0 Å². The van der Waals surface area contributed by atoms with E-state index in [1.165, 1.54) is 96.3 Å². The average molecular weight is 1980 g/mol. The third-order valence-corrected chi connectivity index (χ3v) is 28.0. The molecular formula is C114H151N17O14. The predicted molar refractivity (Wildman–Crippen MR) is 569 cm³/mol. The fraction of sp³-hybridized carbons (Fsp3) is 0.518. The van der Waals surface area contributed by atoms with Crippen LogP contribution in [0.1, 0.15) is 283 Å². The van der Waals surface area contributed by atoms with Gasteiger partial charge in [0, 0.05) is 126 Å². The van der Waals surface area contributed by atoms with Crippen LogP contribution in [0.2, 0.25) is 0 Å². The lowest BCUT2D eigenvalue weighted by Crippen LogP contribution is -2.48. The number of aromatic nitrogens is 9. The van der Waals surface area contributed by atoms with E-state index >= 15 is 0 Å². The van der Waals surface area contributed by atoms with E-state index in [0.717, 1.165) is 107 Å². The number of anilines is 4. The van der Waals surface area contributed by atoms with Gasteiger partial charge in [0.05, 0.1) is 120 Å². The van der Waals surface area contributed by atoms with Crippen LogP contribution in [0.5, 0.6) is 0 Å². The molecule has 4 amide bonds. The molecule has 0 spiro atoms. The lowest BCUT2D eigenvalue weighted by atomic mass is 9.98. The second-order valence-corrected chi connectivity index (χ2v) is 42.8. The van der Waals surface area contributed by atoms with E-state index in [-0.39, 0.29) is 137 Å². The van der Waals surface area contributed by atoms with Gasteiger partial charge in [0.1, 0.15) is 47.3 Å². The van der Waals surface area contributed by atoms with Crippen LogP contribution in [0, 0.1) is 55.3 Å². The highest BCUT2D eigenvalue weighted by molar-refractivity contribution is 5.87. The third-order valence-electron chi connectivity index (χ3n) is 28.0. The van der Waals surface area contributed by atoms with Crippen molar-refractivity contribution < 1.29 is 47.8 Å². The van der Waals surface area contributed by atoms with E-state index in [9.17, 15) is 57.5 Å². The molecule has 7 aromatic heterocycles. The Morgan fingerprint density at radius 3 is 1.26 bits per heavy atom. The number of hydrogen-bond donors (Lipinski definition) is 4. The van der Waals surface area contributed by atoms with Gasteiger partial charge in [-0.3, -0.25) is 81.6 Å². The number of para-hydroxylation sites is 2. The molecule has 11 heterocycles. The van der Waals surface area contributed by atoms with E-state index in [1.807, 2.05) is 124 Å². The van der Waals surface area contributed by atoms with Crippen LogP contribution in [-0.2, 0) is 47.8 Å². The van der Waals surface area contributed by atoms with Crippen LogP contribution in [0.25, 0.3) is 21.8 Å². The Bertz CT molecular complexity index is 6260. The summed E-state index contributed by atoms with van der Waals surface area (Å²) >= 11 is 0. The number of amides is 4. The number of ether oxygens (including phenoxy) is 2. The lowest BCUT2D eigenvalue weighted by molar-refractivity contribution is -0.127. The molecule has 2 saturated carbocycles. The molecule has 16 rings (SSSR count). The number of benzene rings is 3. The van der Waals surface area contributed by atoms with Crippen LogP contribution < -0.4 is 63.1 Å². The van der Waals surface area contributed by atoms with Crippen LogP contribution in [0.15, 0.2) is 197 Å². The second kappa shape index (κ2) is 50.7. The Morgan fingerprint density at radius 2 is 0.848 bits per heavy atom. The normalized spacial score (nSPS) is 18.5. The molecule has 4 aliphatic heterocycles. The molecule has 12 atom stereocenters. The lowest BCUT2D eigenvalue weighted by Gasteiger charge is -2.39. The number of fused-ring (bicyclic) bond motifs is 4. The molecule has 10 aromatic rings. The van der Waals surface area contributed by atoms with E-state index in [0.29, 0.717) is 79.9 Å². The smallest absolute Gasteiger partial charge is 0.261 e. The first-order valence-electron chi connectivity index (χ1n) is 51.4. The Morgan fingerprint density at radius 1 is 0.428 bits per heavy atom. The molecule has 31 heteroatoms. The minimum absolute atomic E-state index is 0. The molecule has 776 valence electrons. The Labute approximate surface area is 852 Å². The van der Waals surface area contributed by atoms with Crippen molar-refractivity contribution >= 4 is 91.3 Å². The Hall–Kier alpha value is -13.0. The maximum absolute atomic E-state index is 13.8. The van der Waals surface area contributed by atoms with Crippen molar-refractivity contribution in [1.29, 1.82) is 0 Å². The number of carbonyl (C=O) groups excluding carboxylic acids is 8. The molecular weight excluding hydrogens is 1830 g/mol. The number of piperidine rings is 1. The molecule has 4 N–H and O–H groups in total. The average Bonchev–Trinajstić information content (AvgIpc) is 1.74. The van der Waals surface area contributed by atoms with Crippen molar-refractivity contribution in [1.82, 2.24) is 64.5 Å². The number of aryl methyl sites for hydroxylation is 2. The van der Waals surface area contributed by atoms with Crippen molar-refractivity contribution in [3.8, 4) is 0 Å². The minimum Gasteiger partial charge on any atom is -0.377 e. The number of rotatable bonds is 37. The number of ketones is 4. The summed E-state index contributed by atoms with van der Waals surface area (Å²) in [5, 5.41) is 13.3. The van der Waals surface area contributed by atoms with Crippen molar-refractivity contribution in [3.63, 3.8) is 0 Å². The van der Waals surface area contributed by atoms with Gasteiger partial charge in [-0.25, -0.2) is 9.97 Å². The Kier molecular flexibility index (Phi) is 38.7. The summed E-state index contributed by atoms with van der Waals surface area (Å²) in [5.74, 6) is 1.89. The molecule has 3 unspecified atom stereocenters. The van der Waals surface area contributed by atoms with E-state index in [2.05, 4.69) is 105 Å². The molecule has 3 aromatic carbocycles. The monoisotopic (exact) mass is 1980 g/mol. The van der Waals surface area contributed by atoms with Gasteiger partial charge in [-0.05, 0) is 268 Å². The number of carbonyl (C=O) groups is 8. The molecule has 2 bridgehead atoms. The first-order chi connectivity index (χ1) is 68.7. The summed E-state index contributed by atoms with van der Waals surface area (Å²) < 4.78 is 17.2. The van der Waals surface area contributed by atoms with Crippen molar-refractivity contribution in [2.24, 2.45) is 41.4 Å². The highest BCUT2D eigenvalue weighted by atomic mass is 16.5. The van der Waals surface area contributed by atoms with Gasteiger partial charge in [0.2, 0.25) is 23.6 Å². The van der Waals surface area contributed by atoms with Crippen molar-refractivity contribution in [2.75, 3.05) is 78.7 Å². The van der Waals surface area contributed by atoms with Gasteiger partial charge in [-0.1, -0.05) is 99.2 Å². The number of nitrogens with one attached hydrogen (secondary N) is 4. The zero-order chi connectivity index (χ0) is 103. The highest BCUT2D eigenvalue weighted by Crippen LogP contribution is 2.44. The number of Topliss-reactive ketones (excluding diaryl/α,β-unsaturated/α-hetero) is 4. The maximum atomic E-state index is 13.8. The molecule has 6 aliphatic rings. The van der Waals surface area contributed by atoms with Crippen LogP contribution >= 0.6 is 0 Å². The zero-order valence-electron chi connectivity index (χ0n) is 86.9. The van der Waals surface area contributed by atoms with Gasteiger partial charge in [0.15, 0.2) is 0 Å². The number of hydrogen-bond acceptors (Lipinski definition) is 23. The van der Waals surface area contributed by atoms with Gasteiger partial charge < -0.3 is 59.5 Å². The predicted octanol–water partition coefficient (Wildman–Crippen LogP) is 16.7. The van der Waals surface area contributed by atoms with Gasteiger partial charge >= 0.3 is 0 Å². The molecule has 2 aliphatic carbocycles. The summed E-state index contributed by atoms with van der Waals surface area (Å²) in [7, 11) is 0. The molecule has 6 fully saturated rings.